The summed E-state index contributed by atoms with van der Waals surface area (Å²) >= 11 is 6.05. The van der Waals surface area contributed by atoms with Gasteiger partial charge in [-0.05, 0) is 48.9 Å². The Balaban J connectivity index is 1.57. The third kappa shape index (κ3) is 2.77. The van der Waals surface area contributed by atoms with Crippen molar-refractivity contribution in [1.29, 1.82) is 0 Å². The average molecular weight is 390 g/mol. The van der Waals surface area contributed by atoms with Crippen molar-refractivity contribution in [2.24, 2.45) is 11.3 Å². The van der Waals surface area contributed by atoms with Crippen LogP contribution >= 0.6 is 11.6 Å². The van der Waals surface area contributed by atoms with Gasteiger partial charge in [0.05, 0.1) is 30.9 Å². The van der Waals surface area contributed by atoms with Gasteiger partial charge in [-0.15, -0.1) is 0 Å². The summed E-state index contributed by atoms with van der Waals surface area (Å²) in [6.07, 6.45) is 10.1. The van der Waals surface area contributed by atoms with Gasteiger partial charge in [0.25, 0.3) is 0 Å². The molecule has 0 saturated heterocycles. The summed E-state index contributed by atoms with van der Waals surface area (Å²) in [5.74, 6) is 1.55. The first kappa shape index (κ1) is 17.5. The number of nitrogens with zero attached hydrogens (tertiary/aromatic N) is 3. The van der Waals surface area contributed by atoms with Crippen molar-refractivity contribution >= 4 is 11.6 Å². The second-order valence-electron chi connectivity index (χ2n) is 8.10. The van der Waals surface area contributed by atoms with E-state index in [4.69, 9.17) is 21.2 Å². The monoisotopic (exact) mass is 389 g/mol. The summed E-state index contributed by atoms with van der Waals surface area (Å²) in [4.78, 5) is 14.0. The summed E-state index contributed by atoms with van der Waals surface area (Å²) in [6, 6.07) is 1.97. The predicted molar refractivity (Wildman–Crippen MR) is 99.6 cm³/mol. The molecule has 7 heteroatoms. The van der Waals surface area contributed by atoms with Crippen LogP contribution < -0.4 is 0 Å². The second kappa shape index (κ2) is 6.47. The topological polar surface area (TPSA) is 67.7 Å². The summed E-state index contributed by atoms with van der Waals surface area (Å²) in [7, 11) is 1.69. The standard InChI is InChI=1S/C20H24ClN3O3/c1-26-24-7-5-20-10-12(15-4-6-22-19(21)23-15)2-3-17(20)27-16-9-14(25)8-13(11-24)18(16)20/h4-7,12-14,17,25H,2-3,8-11H2,1H3/t12?,13?,14-,17?,20?/m1/s1. The van der Waals surface area contributed by atoms with Gasteiger partial charge < -0.3 is 9.84 Å². The van der Waals surface area contributed by atoms with Crippen LogP contribution in [0.25, 0.3) is 0 Å². The van der Waals surface area contributed by atoms with Gasteiger partial charge in [-0.1, -0.05) is 6.08 Å². The molecule has 2 aliphatic carbocycles. The Labute approximate surface area is 163 Å². The smallest absolute Gasteiger partial charge is 0.222 e. The fraction of sp³-hybridized carbons (Fsp3) is 0.600. The van der Waals surface area contributed by atoms with E-state index in [1.165, 1.54) is 5.57 Å². The third-order valence-electron chi connectivity index (χ3n) is 6.65. The molecule has 3 heterocycles. The Hall–Kier alpha value is -1.63. The van der Waals surface area contributed by atoms with Crippen LogP contribution in [0.4, 0.5) is 0 Å². The molecule has 27 heavy (non-hydrogen) atoms. The Bertz CT molecular complexity index is 813. The first-order valence-electron chi connectivity index (χ1n) is 9.66. The number of hydroxylamine groups is 2. The van der Waals surface area contributed by atoms with E-state index in [0.717, 1.165) is 43.7 Å². The van der Waals surface area contributed by atoms with Crippen LogP contribution in [0.2, 0.25) is 5.28 Å². The van der Waals surface area contributed by atoms with Crippen LogP contribution in [0.1, 0.15) is 43.7 Å². The molecule has 4 aliphatic rings. The number of ether oxygens (including phenoxy) is 1. The molecular weight excluding hydrogens is 366 g/mol. The number of aromatic nitrogens is 2. The SMILES string of the molecule is CON1C=CC23CC(c4ccnc(Cl)n4)CCC2OC2=C3C(C[C@@H](O)C2)C1. The van der Waals surface area contributed by atoms with Crippen molar-refractivity contribution < 1.29 is 14.7 Å². The maximum atomic E-state index is 10.4. The molecule has 0 aromatic carbocycles. The van der Waals surface area contributed by atoms with Gasteiger partial charge in [-0.3, -0.25) is 9.90 Å². The molecule has 0 amide bonds. The van der Waals surface area contributed by atoms with Crippen LogP contribution in [0, 0.1) is 11.3 Å². The molecule has 0 radical (unpaired) electrons. The number of rotatable bonds is 2. The molecule has 2 aliphatic heterocycles. The highest BCUT2D eigenvalue weighted by Crippen LogP contribution is 2.60. The minimum Gasteiger partial charge on any atom is -0.493 e. The van der Waals surface area contributed by atoms with Gasteiger partial charge in [0.1, 0.15) is 6.10 Å². The van der Waals surface area contributed by atoms with E-state index >= 15 is 0 Å². The molecular formula is C20H24ClN3O3. The van der Waals surface area contributed by atoms with E-state index < -0.39 is 0 Å². The lowest BCUT2D eigenvalue weighted by Gasteiger charge is -2.42. The number of hydrogen-bond acceptors (Lipinski definition) is 6. The first-order chi connectivity index (χ1) is 13.1. The van der Waals surface area contributed by atoms with E-state index in [1.807, 2.05) is 17.3 Å². The molecule has 5 atom stereocenters. The number of aliphatic hydroxyl groups excluding tert-OH is 1. The lowest BCUT2D eigenvalue weighted by Crippen LogP contribution is -2.40. The van der Waals surface area contributed by atoms with Crippen molar-refractivity contribution in [3.05, 3.63) is 46.8 Å². The minimum atomic E-state index is -0.348. The molecule has 144 valence electrons. The van der Waals surface area contributed by atoms with E-state index in [9.17, 15) is 5.11 Å². The predicted octanol–water partition coefficient (Wildman–Crippen LogP) is 3.20. The normalized spacial score (nSPS) is 37.5. The third-order valence-corrected chi connectivity index (χ3v) is 6.83. The van der Waals surface area contributed by atoms with E-state index in [0.29, 0.717) is 17.6 Å². The number of hydrogen-bond donors (Lipinski definition) is 1. The highest BCUT2D eigenvalue weighted by atomic mass is 35.5. The molecule has 5 rings (SSSR count). The Morgan fingerprint density at radius 2 is 2.26 bits per heavy atom. The lowest BCUT2D eigenvalue weighted by atomic mass is 9.60. The molecule has 1 saturated carbocycles. The fourth-order valence-corrected chi connectivity index (χ4v) is 5.75. The minimum absolute atomic E-state index is 0.122. The molecule has 1 N–H and O–H groups in total. The van der Waals surface area contributed by atoms with Gasteiger partial charge in [-0.25, -0.2) is 9.97 Å². The van der Waals surface area contributed by atoms with E-state index in [1.54, 1.807) is 13.3 Å². The molecule has 1 aromatic heterocycles. The van der Waals surface area contributed by atoms with Crippen LogP contribution in [0.15, 0.2) is 35.9 Å². The van der Waals surface area contributed by atoms with Crippen LogP contribution in [-0.4, -0.2) is 46.0 Å². The van der Waals surface area contributed by atoms with Crippen molar-refractivity contribution in [3.63, 3.8) is 0 Å². The van der Waals surface area contributed by atoms with Gasteiger partial charge in [0.2, 0.25) is 5.28 Å². The maximum Gasteiger partial charge on any atom is 0.222 e. The lowest BCUT2D eigenvalue weighted by molar-refractivity contribution is -0.0967. The zero-order valence-electron chi connectivity index (χ0n) is 15.3. The molecule has 1 fully saturated rings. The van der Waals surface area contributed by atoms with Gasteiger partial charge in [0, 0.05) is 36.3 Å². The second-order valence-corrected chi connectivity index (χ2v) is 8.44. The van der Waals surface area contributed by atoms with Crippen molar-refractivity contribution in [2.75, 3.05) is 13.7 Å². The number of halogens is 1. The molecule has 4 unspecified atom stereocenters. The Morgan fingerprint density at radius 3 is 3.07 bits per heavy atom. The van der Waals surface area contributed by atoms with Crippen LogP contribution in [0.3, 0.4) is 0 Å². The summed E-state index contributed by atoms with van der Waals surface area (Å²) in [6.45, 7) is 0.741. The maximum absolute atomic E-state index is 10.4. The highest BCUT2D eigenvalue weighted by Gasteiger charge is 2.56. The first-order valence-corrected chi connectivity index (χ1v) is 10.0. The fourth-order valence-electron chi connectivity index (χ4n) is 5.59. The molecule has 0 bridgehead atoms. The summed E-state index contributed by atoms with van der Waals surface area (Å²) in [5, 5.41) is 12.6. The van der Waals surface area contributed by atoms with E-state index in [-0.39, 0.29) is 23.5 Å². The summed E-state index contributed by atoms with van der Waals surface area (Å²) in [5.41, 5.74) is 2.22. The van der Waals surface area contributed by atoms with Crippen LogP contribution in [0.5, 0.6) is 0 Å². The van der Waals surface area contributed by atoms with Gasteiger partial charge >= 0.3 is 0 Å². The quantitative estimate of drug-likeness (QED) is 0.783. The zero-order valence-corrected chi connectivity index (χ0v) is 16.1. The Kier molecular flexibility index (Phi) is 4.18. The van der Waals surface area contributed by atoms with Gasteiger partial charge in [0.15, 0.2) is 0 Å². The Morgan fingerprint density at radius 1 is 1.37 bits per heavy atom. The van der Waals surface area contributed by atoms with Crippen molar-refractivity contribution in [3.8, 4) is 0 Å². The zero-order chi connectivity index (χ0) is 18.6. The molecule has 1 spiro atoms. The van der Waals surface area contributed by atoms with Gasteiger partial charge in [-0.2, -0.15) is 0 Å². The van der Waals surface area contributed by atoms with Crippen molar-refractivity contribution in [1.82, 2.24) is 15.0 Å². The van der Waals surface area contributed by atoms with E-state index in [2.05, 4.69) is 16.0 Å². The summed E-state index contributed by atoms with van der Waals surface area (Å²) < 4.78 is 6.43. The van der Waals surface area contributed by atoms with Crippen LogP contribution in [-0.2, 0) is 9.57 Å². The molecule has 6 nitrogen and oxygen atoms in total. The molecule has 1 aromatic rings. The highest BCUT2D eigenvalue weighted by molar-refractivity contribution is 6.28. The van der Waals surface area contributed by atoms with Crippen molar-refractivity contribution in [2.45, 2.75) is 50.2 Å². The average Bonchev–Trinajstić information content (AvgIpc) is 2.89. The largest absolute Gasteiger partial charge is 0.493 e. The number of aliphatic hydroxyl groups is 1.